The van der Waals surface area contributed by atoms with Crippen LogP contribution in [0.15, 0.2) is 96.4 Å². The van der Waals surface area contributed by atoms with Gasteiger partial charge in [0.2, 0.25) is 0 Å². The molecule has 0 saturated heterocycles. The molecule has 148 valence electrons. The van der Waals surface area contributed by atoms with Gasteiger partial charge in [-0.05, 0) is 48.5 Å². The molecule has 7 heteroatoms. The molecule has 0 aliphatic heterocycles. The summed E-state index contributed by atoms with van der Waals surface area (Å²) >= 11 is 0. The standard InChI is InChI=1S/C22H19FN2O3S/c1-2-14-25(20-11-4-3-5-12-20)29(27,28)21-13-6-8-17(15-21)22(26)24-19-10-7-9-18(23)16-19/h2-13,15-16H,1,14H2,(H,24,26). The lowest BCUT2D eigenvalue weighted by Gasteiger charge is -2.23. The Kier molecular flexibility index (Phi) is 6.09. The first-order valence-electron chi connectivity index (χ1n) is 8.77. The monoisotopic (exact) mass is 410 g/mol. The van der Waals surface area contributed by atoms with Crippen molar-refractivity contribution in [3.05, 3.63) is 103 Å². The number of halogens is 1. The van der Waals surface area contributed by atoms with Crippen molar-refractivity contribution in [2.75, 3.05) is 16.2 Å². The van der Waals surface area contributed by atoms with Gasteiger partial charge in [-0.1, -0.05) is 36.4 Å². The molecule has 0 aliphatic rings. The Morgan fingerprint density at radius 1 is 1.00 bits per heavy atom. The van der Waals surface area contributed by atoms with Crippen molar-refractivity contribution in [1.82, 2.24) is 0 Å². The third-order valence-electron chi connectivity index (χ3n) is 4.11. The lowest BCUT2D eigenvalue weighted by atomic mass is 10.2. The zero-order chi connectivity index (χ0) is 20.9. The molecule has 1 amide bonds. The molecule has 0 aliphatic carbocycles. The molecule has 3 aromatic rings. The minimum Gasteiger partial charge on any atom is -0.322 e. The predicted octanol–water partition coefficient (Wildman–Crippen LogP) is 4.46. The van der Waals surface area contributed by atoms with E-state index in [0.717, 1.165) is 0 Å². The molecule has 1 N–H and O–H groups in total. The molecule has 0 fully saturated rings. The number of benzene rings is 3. The van der Waals surface area contributed by atoms with Crippen LogP contribution in [-0.2, 0) is 10.0 Å². The highest BCUT2D eigenvalue weighted by Gasteiger charge is 2.24. The first-order valence-corrected chi connectivity index (χ1v) is 10.2. The number of carbonyl (C=O) groups excluding carboxylic acids is 1. The van der Waals surface area contributed by atoms with Gasteiger partial charge in [-0.2, -0.15) is 0 Å². The Balaban J connectivity index is 1.92. The number of hydrogen-bond donors (Lipinski definition) is 1. The summed E-state index contributed by atoms with van der Waals surface area (Å²) in [5, 5.41) is 2.56. The maximum Gasteiger partial charge on any atom is 0.264 e. The third kappa shape index (κ3) is 4.70. The van der Waals surface area contributed by atoms with E-state index in [-0.39, 0.29) is 22.7 Å². The van der Waals surface area contributed by atoms with Gasteiger partial charge >= 0.3 is 0 Å². The lowest BCUT2D eigenvalue weighted by Crippen LogP contribution is -2.31. The van der Waals surface area contributed by atoms with E-state index in [9.17, 15) is 17.6 Å². The summed E-state index contributed by atoms with van der Waals surface area (Å²) in [4.78, 5) is 12.5. The molecular formula is C22H19FN2O3S. The molecule has 0 atom stereocenters. The van der Waals surface area contributed by atoms with Gasteiger partial charge in [-0.25, -0.2) is 12.8 Å². The van der Waals surface area contributed by atoms with Crippen molar-refractivity contribution < 1.29 is 17.6 Å². The largest absolute Gasteiger partial charge is 0.322 e. The second-order valence-electron chi connectivity index (χ2n) is 6.15. The fourth-order valence-electron chi connectivity index (χ4n) is 2.75. The number of amides is 1. The molecule has 0 heterocycles. The molecule has 0 bridgehead atoms. The molecule has 0 saturated carbocycles. The Morgan fingerprint density at radius 3 is 2.41 bits per heavy atom. The molecule has 29 heavy (non-hydrogen) atoms. The molecule has 3 aromatic carbocycles. The minimum atomic E-state index is -3.93. The Bertz CT molecular complexity index is 1130. The second kappa shape index (κ2) is 8.70. The third-order valence-corrected chi connectivity index (χ3v) is 5.90. The molecular weight excluding hydrogens is 391 g/mol. The number of hydrogen-bond acceptors (Lipinski definition) is 3. The zero-order valence-electron chi connectivity index (χ0n) is 15.5. The highest BCUT2D eigenvalue weighted by atomic mass is 32.2. The Labute approximate surface area is 169 Å². The molecule has 3 rings (SSSR count). The first kappa shape index (κ1) is 20.3. The predicted molar refractivity (Wildman–Crippen MR) is 112 cm³/mol. The molecule has 0 spiro atoms. The van der Waals surface area contributed by atoms with Gasteiger partial charge in [0.15, 0.2) is 0 Å². The maximum atomic E-state index is 13.3. The van der Waals surface area contributed by atoms with Gasteiger partial charge < -0.3 is 5.32 Å². The van der Waals surface area contributed by atoms with Gasteiger partial charge in [0, 0.05) is 11.3 Å². The fourth-order valence-corrected chi connectivity index (χ4v) is 4.23. The molecule has 5 nitrogen and oxygen atoms in total. The SMILES string of the molecule is C=CCN(c1ccccc1)S(=O)(=O)c1cccc(C(=O)Nc2cccc(F)c2)c1. The van der Waals surface area contributed by atoms with Crippen LogP contribution in [0.5, 0.6) is 0 Å². The number of nitrogens with zero attached hydrogens (tertiary/aromatic N) is 1. The van der Waals surface area contributed by atoms with Crippen LogP contribution >= 0.6 is 0 Å². The summed E-state index contributed by atoms with van der Waals surface area (Å²) in [6.07, 6.45) is 1.49. The summed E-state index contributed by atoms with van der Waals surface area (Å²) in [7, 11) is -3.93. The summed E-state index contributed by atoms with van der Waals surface area (Å²) in [5.41, 5.74) is 0.907. The second-order valence-corrected chi connectivity index (χ2v) is 8.01. The van der Waals surface area contributed by atoms with Crippen LogP contribution in [0, 0.1) is 5.82 Å². The maximum absolute atomic E-state index is 13.3. The van der Waals surface area contributed by atoms with Crippen LogP contribution in [0.3, 0.4) is 0 Å². The van der Waals surface area contributed by atoms with E-state index in [0.29, 0.717) is 5.69 Å². The van der Waals surface area contributed by atoms with E-state index in [1.165, 1.54) is 52.8 Å². The first-order chi connectivity index (χ1) is 13.9. The van der Waals surface area contributed by atoms with E-state index in [1.54, 1.807) is 36.4 Å². The number of para-hydroxylation sites is 1. The van der Waals surface area contributed by atoms with Crippen molar-refractivity contribution in [2.24, 2.45) is 0 Å². The Hall–Kier alpha value is -3.45. The lowest BCUT2D eigenvalue weighted by molar-refractivity contribution is 0.102. The van der Waals surface area contributed by atoms with Crippen LogP contribution < -0.4 is 9.62 Å². The normalized spacial score (nSPS) is 10.9. The van der Waals surface area contributed by atoms with Crippen molar-refractivity contribution in [3.8, 4) is 0 Å². The average Bonchev–Trinajstić information content (AvgIpc) is 2.72. The quantitative estimate of drug-likeness (QED) is 0.585. The fraction of sp³-hybridized carbons (Fsp3) is 0.0455. The number of rotatable bonds is 7. The molecule has 0 aromatic heterocycles. The van der Waals surface area contributed by atoms with Crippen molar-refractivity contribution in [2.45, 2.75) is 4.90 Å². The average molecular weight is 410 g/mol. The Morgan fingerprint density at radius 2 is 1.72 bits per heavy atom. The van der Waals surface area contributed by atoms with Gasteiger partial charge in [0.1, 0.15) is 5.82 Å². The summed E-state index contributed by atoms with van der Waals surface area (Å²) in [6.45, 7) is 3.71. The number of nitrogens with one attached hydrogen (secondary N) is 1. The zero-order valence-corrected chi connectivity index (χ0v) is 16.3. The van der Waals surface area contributed by atoms with Crippen LogP contribution in [0.1, 0.15) is 10.4 Å². The number of anilines is 2. The van der Waals surface area contributed by atoms with Crippen LogP contribution in [0.25, 0.3) is 0 Å². The highest BCUT2D eigenvalue weighted by molar-refractivity contribution is 7.92. The summed E-state index contributed by atoms with van der Waals surface area (Å²) in [6, 6.07) is 19.8. The van der Waals surface area contributed by atoms with Gasteiger partial charge in [0.25, 0.3) is 15.9 Å². The number of sulfonamides is 1. The van der Waals surface area contributed by atoms with Crippen LogP contribution in [0.4, 0.5) is 15.8 Å². The smallest absolute Gasteiger partial charge is 0.264 e. The van der Waals surface area contributed by atoms with Gasteiger partial charge in [-0.3, -0.25) is 9.10 Å². The van der Waals surface area contributed by atoms with E-state index < -0.39 is 21.7 Å². The highest BCUT2D eigenvalue weighted by Crippen LogP contribution is 2.24. The van der Waals surface area contributed by atoms with E-state index in [1.807, 2.05) is 0 Å². The van der Waals surface area contributed by atoms with E-state index in [2.05, 4.69) is 11.9 Å². The van der Waals surface area contributed by atoms with Crippen LogP contribution in [0.2, 0.25) is 0 Å². The summed E-state index contributed by atoms with van der Waals surface area (Å²) < 4.78 is 40.9. The van der Waals surface area contributed by atoms with Gasteiger partial charge in [-0.15, -0.1) is 6.58 Å². The van der Waals surface area contributed by atoms with E-state index in [4.69, 9.17) is 0 Å². The van der Waals surface area contributed by atoms with E-state index >= 15 is 0 Å². The minimum absolute atomic E-state index is 0.0323. The summed E-state index contributed by atoms with van der Waals surface area (Å²) in [5.74, 6) is -1.02. The van der Waals surface area contributed by atoms with Crippen LogP contribution in [-0.4, -0.2) is 20.9 Å². The molecule has 0 unspecified atom stereocenters. The van der Waals surface area contributed by atoms with Crippen molar-refractivity contribution in [1.29, 1.82) is 0 Å². The molecule has 0 radical (unpaired) electrons. The van der Waals surface area contributed by atoms with Crippen molar-refractivity contribution >= 4 is 27.3 Å². The van der Waals surface area contributed by atoms with Gasteiger partial charge in [0.05, 0.1) is 17.1 Å². The number of carbonyl (C=O) groups is 1. The van der Waals surface area contributed by atoms with Crippen molar-refractivity contribution in [3.63, 3.8) is 0 Å². The topological polar surface area (TPSA) is 66.5 Å².